The van der Waals surface area contributed by atoms with Crippen molar-refractivity contribution >= 4 is 23.8 Å². The minimum absolute atomic E-state index is 0.296. The van der Waals surface area contributed by atoms with Crippen molar-refractivity contribution in [2.24, 2.45) is 0 Å². The van der Waals surface area contributed by atoms with E-state index in [1.165, 1.54) is 0 Å². The van der Waals surface area contributed by atoms with Crippen LogP contribution < -0.4 is 15.5 Å². The number of amides is 1. The molecule has 11 nitrogen and oxygen atoms in total. The Bertz CT molecular complexity index is 933. The van der Waals surface area contributed by atoms with Gasteiger partial charge in [-0.3, -0.25) is 0 Å². The molecule has 4 heterocycles. The van der Waals surface area contributed by atoms with Crippen molar-refractivity contribution in [2.45, 2.75) is 26.4 Å². The average molecular weight is 443 g/mol. The first-order chi connectivity index (χ1) is 15.3. The molecule has 4 rings (SSSR count). The summed E-state index contributed by atoms with van der Waals surface area (Å²) in [6, 6.07) is 3.58. The number of nitrogens with two attached hydrogens (primary N) is 1. The largest absolute Gasteiger partial charge is 0.444 e. The van der Waals surface area contributed by atoms with Gasteiger partial charge in [0.25, 0.3) is 0 Å². The predicted molar refractivity (Wildman–Crippen MR) is 121 cm³/mol. The summed E-state index contributed by atoms with van der Waals surface area (Å²) >= 11 is 0. The van der Waals surface area contributed by atoms with E-state index in [-0.39, 0.29) is 6.09 Å². The Morgan fingerprint density at radius 1 is 0.969 bits per heavy atom. The maximum Gasteiger partial charge on any atom is 0.410 e. The van der Waals surface area contributed by atoms with Gasteiger partial charge in [0.1, 0.15) is 11.4 Å². The number of nitrogen functional groups attached to an aromatic ring is 1. The van der Waals surface area contributed by atoms with Crippen molar-refractivity contribution in [3.63, 3.8) is 0 Å². The van der Waals surface area contributed by atoms with Crippen LogP contribution >= 0.6 is 0 Å². The van der Waals surface area contributed by atoms with Crippen LogP contribution in [0.4, 0.5) is 22.5 Å². The number of morpholine rings is 1. The van der Waals surface area contributed by atoms with Crippen LogP contribution in [-0.4, -0.2) is 89.0 Å². The maximum absolute atomic E-state index is 12.4. The predicted octanol–water partition coefficient (Wildman–Crippen LogP) is 1.41. The van der Waals surface area contributed by atoms with Crippen molar-refractivity contribution in [3.8, 4) is 11.4 Å². The molecule has 2 aromatic rings. The lowest BCUT2D eigenvalue weighted by Gasteiger charge is -2.36. The van der Waals surface area contributed by atoms with E-state index < -0.39 is 5.60 Å². The number of nitrogens with zero attached hydrogens (tertiary/aromatic N) is 7. The molecular weight excluding hydrogens is 412 g/mol. The number of pyridine rings is 1. The first kappa shape index (κ1) is 22.0. The number of aromatic nitrogens is 4. The quantitative estimate of drug-likeness (QED) is 0.746. The Labute approximate surface area is 187 Å². The molecule has 2 saturated heterocycles. The van der Waals surface area contributed by atoms with Crippen LogP contribution in [0.3, 0.4) is 0 Å². The van der Waals surface area contributed by atoms with Gasteiger partial charge in [0.15, 0.2) is 5.82 Å². The van der Waals surface area contributed by atoms with Crippen molar-refractivity contribution < 1.29 is 14.3 Å². The van der Waals surface area contributed by atoms with E-state index >= 15 is 0 Å². The van der Waals surface area contributed by atoms with Gasteiger partial charge in [-0.2, -0.15) is 15.0 Å². The highest BCUT2D eigenvalue weighted by Gasteiger charge is 2.28. The van der Waals surface area contributed by atoms with E-state index in [4.69, 9.17) is 30.2 Å². The molecule has 2 aromatic heterocycles. The van der Waals surface area contributed by atoms with Crippen LogP contribution in [0.2, 0.25) is 0 Å². The molecule has 2 aliphatic rings. The molecule has 11 heteroatoms. The van der Waals surface area contributed by atoms with Gasteiger partial charge in [-0.25, -0.2) is 9.78 Å². The van der Waals surface area contributed by atoms with E-state index in [9.17, 15) is 4.79 Å². The average Bonchev–Trinajstić information content (AvgIpc) is 2.79. The molecule has 0 bridgehead atoms. The van der Waals surface area contributed by atoms with Gasteiger partial charge in [-0.15, -0.1) is 0 Å². The molecule has 0 unspecified atom stereocenters. The number of ether oxygens (including phenoxy) is 2. The van der Waals surface area contributed by atoms with E-state index in [1.807, 2.05) is 26.8 Å². The fourth-order valence-corrected chi connectivity index (χ4v) is 3.48. The van der Waals surface area contributed by atoms with Crippen LogP contribution in [-0.2, 0) is 9.47 Å². The lowest BCUT2D eigenvalue weighted by molar-refractivity contribution is 0.0240. The first-order valence-electron chi connectivity index (χ1n) is 10.8. The molecule has 2 N–H and O–H groups in total. The second-order valence-corrected chi connectivity index (χ2v) is 8.78. The molecule has 0 saturated carbocycles. The molecule has 0 spiro atoms. The molecule has 0 aliphatic carbocycles. The van der Waals surface area contributed by atoms with Gasteiger partial charge < -0.3 is 29.9 Å². The first-order valence-corrected chi connectivity index (χ1v) is 10.8. The minimum atomic E-state index is -0.516. The highest BCUT2D eigenvalue weighted by Crippen LogP contribution is 2.23. The standard InChI is InChI=1S/C21H30N8O3/c1-21(2,3)32-20(30)29-8-6-27(7-9-29)18-24-17(15-4-5-16(22)23-14-15)25-19(26-18)28-10-12-31-13-11-28/h4-5,14H,6-13H2,1-3H3,(H2,22,23). The summed E-state index contributed by atoms with van der Waals surface area (Å²) in [6.07, 6.45) is 1.37. The van der Waals surface area contributed by atoms with Crippen LogP contribution in [0, 0.1) is 0 Å². The highest BCUT2D eigenvalue weighted by atomic mass is 16.6. The number of rotatable bonds is 3. The highest BCUT2D eigenvalue weighted by molar-refractivity contribution is 5.68. The molecule has 32 heavy (non-hydrogen) atoms. The number of carbonyl (C=O) groups excluding carboxylic acids is 1. The Kier molecular flexibility index (Phi) is 6.26. The fraction of sp³-hybridized carbons (Fsp3) is 0.571. The van der Waals surface area contributed by atoms with Gasteiger partial charge in [0.05, 0.1) is 13.2 Å². The fourth-order valence-electron chi connectivity index (χ4n) is 3.48. The summed E-state index contributed by atoms with van der Waals surface area (Å²) in [5.74, 6) is 2.17. The minimum Gasteiger partial charge on any atom is -0.444 e. The topological polar surface area (TPSA) is 123 Å². The summed E-state index contributed by atoms with van der Waals surface area (Å²) in [5, 5.41) is 0. The maximum atomic E-state index is 12.4. The van der Waals surface area contributed by atoms with E-state index in [0.717, 1.165) is 18.7 Å². The van der Waals surface area contributed by atoms with Gasteiger partial charge in [0.2, 0.25) is 11.9 Å². The summed E-state index contributed by atoms with van der Waals surface area (Å²) in [7, 11) is 0. The van der Waals surface area contributed by atoms with Crippen LogP contribution in [0.1, 0.15) is 20.8 Å². The summed E-state index contributed by atoms with van der Waals surface area (Å²) in [4.78, 5) is 36.6. The van der Waals surface area contributed by atoms with Gasteiger partial charge >= 0.3 is 6.09 Å². The second kappa shape index (κ2) is 9.11. The number of anilines is 3. The normalized spacial score (nSPS) is 17.4. The number of hydrogen-bond acceptors (Lipinski definition) is 10. The zero-order valence-electron chi connectivity index (χ0n) is 18.8. The SMILES string of the molecule is CC(C)(C)OC(=O)N1CCN(c2nc(-c3ccc(N)nc3)nc(N3CCOCC3)n2)CC1. The smallest absolute Gasteiger partial charge is 0.410 e. The zero-order chi connectivity index (χ0) is 22.7. The van der Waals surface area contributed by atoms with Crippen molar-refractivity contribution in [1.29, 1.82) is 0 Å². The third-order valence-corrected chi connectivity index (χ3v) is 5.16. The Morgan fingerprint density at radius 2 is 1.59 bits per heavy atom. The van der Waals surface area contributed by atoms with E-state index in [2.05, 4.69) is 14.8 Å². The third-order valence-electron chi connectivity index (χ3n) is 5.16. The second-order valence-electron chi connectivity index (χ2n) is 8.78. The monoisotopic (exact) mass is 442 g/mol. The van der Waals surface area contributed by atoms with Crippen molar-refractivity contribution in [1.82, 2.24) is 24.8 Å². The molecule has 1 amide bonds. The molecule has 172 valence electrons. The number of piperazine rings is 1. The van der Waals surface area contributed by atoms with Crippen LogP contribution in [0.25, 0.3) is 11.4 Å². The Balaban J connectivity index is 1.55. The van der Waals surface area contributed by atoms with E-state index in [0.29, 0.717) is 62.9 Å². The summed E-state index contributed by atoms with van der Waals surface area (Å²) < 4.78 is 11.0. The van der Waals surface area contributed by atoms with Crippen molar-refractivity contribution in [3.05, 3.63) is 18.3 Å². The Hall–Kier alpha value is -3.21. The lowest BCUT2D eigenvalue weighted by atomic mass is 10.2. The number of hydrogen-bond donors (Lipinski definition) is 1. The van der Waals surface area contributed by atoms with Gasteiger partial charge in [0, 0.05) is 51.0 Å². The molecule has 0 radical (unpaired) electrons. The zero-order valence-corrected chi connectivity index (χ0v) is 18.8. The lowest BCUT2D eigenvalue weighted by Crippen LogP contribution is -2.50. The molecular formula is C21H30N8O3. The van der Waals surface area contributed by atoms with Crippen LogP contribution in [0.5, 0.6) is 0 Å². The van der Waals surface area contributed by atoms with Crippen molar-refractivity contribution in [2.75, 3.05) is 68.0 Å². The van der Waals surface area contributed by atoms with Gasteiger partial charge in [-0.05, 0) is 32.9 Å². The van der Waals surface area contributed by atoms with Crippen LogP contribution in [0.15, 0.2) is 18.3 Å². The van der Waals surface area contributed by atoms with Gasteiger partial charge in [-0.1, -0.05) is 0 Å². The number of carbonyl (C=O) groups is 1. The third kappa shape index (κ3) is 5.34. The summed E-state index contributed by atoms with van der Waals surface area (Å²) in [5.41, 5.74) is 5.99. The summed E-state index contributed by atoms with van der Waals surface area (Å²) in [6.45, 7) is 10.6. The molecule has 0 atom stereocenters. The molecule has 0 aromatic carbocycles. The van der Waals surface area contributed by atoms with E-state index in [1.54, 1.807) is 17.2 Å². The molecule has 2 fully saturated rings. The molecule has 2 aliphatic heterocycles. The Morgan fingerprint density at radius 3 is 2.16 bits per heavy atom.